The molecule has 0 unspecified atom stereocenters. The van der Waals surface area contributed by atoms with Crippen LogP contribution in [0.15, 0.2) is 0 Å². The quantitative estimate of drug-likeness (QED) is 0.503. The van der Waals surface area contributed by atoms with Gasteiger partial charge in [0, 0.05) is 7.11 Å². The Morgan fingerprint density at radius 2 is 1.95 bits per heavy atom. The molecule has 1 aliphatic carbocycles. The molecular formula is C15H28O4. The van der Waals surface area contributed by atoms with Gasteiger partial charge in [-0.05, 0) is 25.7 Å². The van der Waals surface area contributed by atoms with E-state index in [2.05, 4.69) is 0 Å². The summed E-state index contributed by atoms with van der Waals surface area (Å²) < 4.78 is 15.7. The van der Waals surface area contributed by atoms with Gasteiger partial charge in [0.25, 0.3) is 0 Å². The molecule has 2 atom stereocenters. The predicted molar refractivity (Wildman–Crippen MR) is 73.7 cm³/mol. The second-order valence-corrected chi connectivity index (χ2v) is 5.35. The van der Waals surface area contributed by atoms with Crippen LogP contribution < -0.4 is 0 Å². The number of esters is 1. The van der Waals surface area contributed by atoms with Gasteiger partial charge in [0.1, 0.15) is 6.79 Å². The molecule has 1 fully saturated rings. The number of hydrogen-bond donors (Lipinski definition) is 0. The fourth-order valence-electron chi connectivity index (χ4n) is 2.99. The van der Waals surface area contributed by atoms with Gasteiger partial charge in [0.05, 0.1) is 19.1 Å². The number of methoxy groups -OCH3 is 1. The van der Waals surface area contributed by atoms with Crippen molar-refractivity contribution in [1.29, 1.82) is 0 Å². The summed E-state index contributed by atoms with van der Waals surface area (Å²) >= 11 is 0. The molecule has 0 aromatic carbocycles. The highest BCUT2D eigenvalue weighted by Gasteiger charge is 2.31. The Balaban J connectivity index is 2.57. The molecule has 0 N–H and O–H groups in total. The van der Waals surface area contributed by atoms with Crippen molar-refractivity contribution in [3.8, 4) is 0 Å². The lowest BCUT2D eigenvalue weighted by molar-refractivity contribution is -0.149. The van der Waals surface area contributed by atoms with Crippen molar-refractivity contribution in [3.05, 3.63) is 0 Å². The van der Waals surface area contributed by atoms with Gasteiger partial charge in [0.15, 0.2) is 0 Å². The zero-order valence-corrected chi connectivity index (χ0v) is 12.5. The summed E-state index contributed by atoms with van der Waals surface area (Å²) in [6, 6.07) is 0. The minimum atomic E-state index is -0.106. The van der Waals surface area contributed by atoms with Crippen molar-refractivity contribution in [3.63, 3.8) is 0 Å². The third-order valence-corrected chi connectivity index (χ3v) is 4.01. The summed E-state index contributed by atoms with van der Waals surface area (Å²) in [5.74, 6) is 0.713. The van der Waals surface area contributed by atoms with Crippen LogP contribution in [0.4, 0.5) is 0 Å². The largest absolute Gasteiger partial charge is 0.466 e. The molecule has 0 amide bonds. The molecule has 112 valence electrons. The fourth-order valence-corrected chi connectivity index (χ4v) is 2.99. The van der Waals surface area contributed by atoms with Gasteiger partial charge in [-0.2, -0.15) is 0 Å². The normalized spacial score (nSPS) is 19.9. The van der Waals surface area contributed by atoms with Crippen molar-refractivity contribution in [2.45, 2.75) is 58.5 Å². The van der Waals surface area contributed by atoms with Crippen molar-refractivity contribution >= 4 is 5.97 Å². The van der Waals surface area contributed by atoms with Gasteiger partial charge in [0.2, 0.25) is 0 Å². The summed E-state index contributed by atoms with van der Waals surface area (Å²) in [6.45, 7) is 4.62. The third-order valence-electron chi connectivity index (χ3n) is 4.01. The van der Waals surface area contributed by atoms with E-state index in [0.29, 0.717) is 18.9 Å². The molecule has 0 aromatic heterocycles. The Labute approximate surface area is 116 Å². The average molecular weight is 272 g/mol. The Bertz CT molecular complexity index is 249. The van der Waals surface area contributed by atoms with Crippen LogP contribution in [0.5, 0.6) is 0 Å². The van der Waals surface area contributed by atoms with E-state index in [4.69, 9.17) is 14.2 Å². The summed E-state index contributed by atoms with van der Waals surface area (Å²) in [7, 11) is 1.62. The van der Waals surface area contributed by atoms with E-state index in [0.717, 1.165) is 0 Å². The SMILES string of the molecule is CCOC(=O)C[C@@H](C1CCCCC1)[C@@H](C)OCOC. The first-order valence-electron chi connectivity index (χ1n) is 7.45. The highest BCUT2D eigenvalue weighted by Crippen LogP contribution is 2.34. The molecule has 0 saturated heterocycles. The molecule has 4 heteroatoms. The Kier molecular flexibility index (Phi) is 8.07. The second-order valence-electron chi connectivity index (χ2n) is 5.35. The number of ether oxygens (including phenoxy) is 3. The average Bonchev–Trinajstić information content (AvgIpc) is 2.43. The highest BCUT2D eigenvalue weighted by atomic mass is 16.7. The van der Waals surface area contributed by atoms with E-state index in [1.54, 1.807) is 7.11 Å². The van der Waals surface area contributed by atoms with Gasteiger partial charge in [-0.3, -0.25) is 4.79 Å². The maximum atomic E-state index is 11.8. The summed E-state index contributed by atoms with van der Waals surface area (Å²) in [5, 5.41) is 0. The Morgan fingerprint density at radius 1 is 1.26 bits per heavy atom. The molecule has 0 aromatic rings. The predicted octanol–water partition coefficient (Wildman–Crippen LogP) is 3.15. The molecular weight excluding hydrogens is 244 g/mol. The maximum Gasteiger partial charge on any atom is 0.306 e. The standard InChI is InChI=1S/C15H28O4/c1-4-18-15(16)10-14(12(2)19-11-17-3)13-8-6-5-7-9-13/h12-14H,4-11H2,1-3H3/t12-,14-/m1/s1. The van der Waals surface area contributed by atoms with Crippen LogP contribution in [0.25, 0.3) is 0 Å². The summed E-state index contributed by atoms with van der Waals surface area (Å²) in [6.07, 6.45) is 6.74. The molecule has 4 nitrogen and oxygen atoms in total. The van der Waals surface area contributed by atoms with Crippen molar-refractivity contribution < 1.29 is 19.0 Å². The van der Waals surface area contributed by atoms with Gasteiger partial charge in [-0.1, -0.05) is 32.1 Å². The van der Waals surface area contributed by atoms with Gasteiger partial charge < -0.3 is 14.2 Å². The third kappa shape index (κ3) is 5.91. The van der Waals surface area contributed by atoms with E-state index in [1.807, 2.05) is 13.8 Å². The molecule has 0 bridgehead atoms. The highest BCUT2D eigenvalue weighted by molar-refractivity contribution is 5.69. The molecule has 1 rings (SSSR count). The number of carbonyl (C=O) groups is 1. The topological polar surface area (TPSA) is 44.8 Å². The summed E-state index contributed by atoms with van der Waals surface area (Å²) in [4.78, 5) is 11.8. The molecule has 0 radical (unpaired) electrons. The van der Waals surface area contributed by atoms with Gasteiger partial charge in [-0.25, -0.2) is 0 Å². The van der Waals surface area contributed by atoms with Gasteiger partial charge >= 0.3 is 5.97 Å². The van der Waals surface area contributed by atoms with Crippen LogP contribution in [0.2, 0.25) is 0 Å². The lowest BCUT2D eigenvalue weighted by Gasteiger charge is -2.33. The number of hydrogen-bond acceptors (Lipinski definition) is 4. The smallest absolute Gasteiger partial charge is 0.306 e. The first-order valence-corrected chi connectivity index (χ1v) is 7.45. The lowest BCUT2D eigenvalue weighted by atomic mass is 9.76. The van der Waals surface area contributed by atoms with Gasteiger partial charge in [-0.15, -0.1) is 0 Å². The van der Waals surface area contributed by atoms with Crippen molar-refractivity contribution in [1.82, 2.24) is 0 Å². The van der Waals surface area contributed by atoms with Crippen molar-refractivity contribution in [2.24, 2.45) is 11.8 Å². The fraction of sp³-hybridized carbons (Fsp3) is 0.933. The van der Waals surface area contributed by atoms with Crippen LogP contribution in [-0.4, -0.2) is 32.6 Å². The molecule has 0 aliphatic heterocycles. The summed E-state index contributed by atoms with van der Waals surface area (Å²) in [5.41, 5.74) is 0. The van der Waals surface area contributed by atoms with Crippen LogP contribution in [0.3, 0.4) is 0 Å². The first kappa shape index (κ1) is 16.4. The molecule has 0 spiro atoms. The Hall–Kier alpha value is -0.610. The second kappa shape index (κ2) is 9.32. The Morgan fingerprint density at radius 3 is 2.53 bits per heavy atom. The van der Waals surface area contributed by atoms with E-state index in [9.17, 15) is 4.79 Å². The van der Waals surface area contributed by atoms with Crippen LogP contribution in [0, 0.1) is 11.8 Å². The van der Waals surface area contributed by atoms with Crippen LogP contribution in [0.1, 0.15) is 52.4 Å². The zero-order valence-electron chi connectivity index (χ0n) is 12.5. The van der Waals surface area contributed by atoms with Crippen molar-refractivity contribution in [2.75, 3.05) is 20.5 Å². The maximum absolute atomic E-state index is 11.8. The number of carbonyl (C=O) groups excluding carboxylic acids is 1. The minimum Gasteiger partial charge on any atom is -0.466 e. The molecule has 0 heterocycles. The lowest BCUT2D eigenvalue weighted by Crippen LogP contribution is -2.32. The first-order chi connectivity index (χ1) is 9.19. The minimum absolute atomic E-state index is 0.0347. The van der Waals surface area contributed by atoms with Crippen LogP contribution in [-0.2, 0) is 19.0 Å². The van der Waals surface area contributed by atoms with E-state index >= 15 is 0 Å². The molecule has 19 heavy (non-hydrogen) atoms. The molecule has 1 aliphatic rings. The van der Waals surface area contributed by atoms with E-state index in [1.165, 1.54) is 32.1 Å². The zero-order chi connectivity index (χ0) is 14.1. The monoisotopic (exact) mass is 272 g/mol. The van der Waals surface area contributed by atoms with Crippen LogP contribution >= 0.6 is 0 Å². The number of rotatable bonds is 8. The van der Waals surface area contributed by atoms with E-state index in [-0.39, 0.29) is 24.8 Å². The molecule has 1 saturated carbocycles. The van der Waals surface area contributed by atoms with E-state index < -0.39 is 0 Å².